The lowest BCUT2D eigenvalue weighted by Gasteiger charge is -2.26. The number of hydrogen-bond donors (Lipinski definition) is 2. The molecule has 0 radical (unpaired) electrons. The van der Waals surface area contributed by atoms with Crippen LogP contribution >= 0.6 is 27.5 Å². The number of rotatable bonds is 8. The second-order valence-electron chi connectivity index (χ2n) is 8.04. The number of carbonyl (C=O) groups is 4. The van der Waals surface area contributed by atoms with Crippen molar-refractivity contribution in [3.63, 3.8) is 0 Å². The van der Waals surface area contributed by atoms with Gasteiger partial charge in [-0.1, -0.05) is 17.7 Å². The van der Waals surface area contributed by atoms with Crippen molar-refractivity contribution in [3.8, 4) is 11.5 Å². The Bertz CT molecular complexity index is 1500. The van der Waals surface area contributed by atoms with Crippen molar-refractivity contribution in [1.82, 2.24) is 5.32 Å². The van der Waals surface area contributed by atoms with E-state index in [0.717, 1.165) is 4.90 Å². The summed E-state index contributed by atoms with van der Waals surface area (Å²) in [6, 6.07) is 13.5. The number of imide groups is 2. The van der Waals surface area contributed by atoms with Gasteiger partial charge in [0.1, 0.15) is 11.4 Å². The lowest BCUT2D eigenvalue weighted by molar-refractivity contribution is -0.122. The van der Waals surface area contributed by atoms with Gasteiger partial charge >= 0.3 is 6.03 Å². The molecule has 0 atom stereocenters. The number of nitrogens with zero attached hydrogens (tertiary/aromatic N) is 1. The van der Waals surface area contributed by atoms with E-state index in [1.807, 2.05) is 0 Å². The minimum Gasteiger partial charge on any atom is -0.490 e. The van der Waals surface area contributed by atoms with Crippen LogP contribution in [-0.4, -0.2) is 37.0 Å². The normalized spacial score (nSPS) is 14.3. The molecule has 9 nitrogen and oxygen atoms in total. The van der Waals surface area contributed by atoms with E-state index in [4.69, 9.17) is 21.1 Å². The molecule has 0 saturated carbocycles. The largest absolute Gasteiger partial charge is 0.490 e. The third-order valence-corrected chi connectivity index (χ3v) is 6.11. The van der Waals surface area contributed by atoms with E-state index in [1.165, 1.54) is 48.5 Å². The molecule has 1 saturated heterocycles. The third kappa shape index (κ3) is 6.62. The van der Waals surface area contributed by atoms with Gasteiger partial charge in [0.15, 0.2) is 18.1 Å². The van der Waals surface area contributed by atoms with Crippen LogP contribution in [0.3, 0.4) is 0 Å². The highest BCUT2D eigenvalue weighted by molar-refractivity contribution is 9.10. The van der Waals surface area contributed by atoms with Crippen molar-refractivity contribution in [2.75, 3.05) is 23.4 Å². The van der Waals surface area contributed by atoms with Gasteiger partial charge in [-0.05, 0) is 89.1 Å². The zero-order valence-corrected chi connectivity index (χ0v) is 22.6. The number of amides is 5. The molecule has 200 valence electrons. The second kappa shape index (κ2) is 12.1. The molecule has 0 bridgehead atoms. The van der Waals surface area contributed by atoms with Crippen LogP contribution in [0, 0.1) is 5.82 Å². The lowest BCUT2D eigenvalue weighted by Crippen LogP contribution is -2.54. The van der Waals surface area contributed by atoms with E-state index in [9.17, 15) is 23.6 Å². The molecule has 5 amide bonds. The minimum absolute atomic E-state index is 0.197. The zero-order valence-electron chi connectivity index (χ0n) is 20.3. The first-order valence-corrected chi connectivity index (χ1v) is 12.6. The molecule has 3 aromatic carbocycles. The first-order chi connectivity index (χ1) is 18.7. The number of hydrogen-bond acceptors (Lipinski definition) is 6. The smallest absolute Gasteiger partial charge is 0.335 e. The first-order valence-electron chi connectivity index (χ1n) is 11.5. The van der Waals surface area contributed by atoms with Gasteiger partial charge in [0.05, 0.1) is 16.8 Å². The molecule has 1 fully saturated rings. The van der Waals surface area contributed by atoms with E-state index in [-0.39, 0.29) is 36.0 Å². The molecule has 0 unspecified atom stereocenters. The molecule has 39 heavy (non-hydrogen) atoms. The SMILES string of the molecule is CCOc1cc(/C=C2\C(=O)NC(=O)N(c3cccc(Cl)c3)C2=O)cc(Br)c1OCC(=O)Nc1ccc(F)cc1. The Hall–Kier alpha value is -4.22. The van der Waals surface area contributed by atoms with Gasteiger partial charge in [0.2, 0.25) is 0 Å². The van der Waals surface area contributed by atoms with Crippen LogP contribution in [0.25, 0.3) is 6.08 Å². The number of urea groups is 1. The standard InChI is InChI=1S/C27H20BrClFN3O6/c1-2-38-22-12-15(11-21(28)24(22)39-14-23(34)31-18-8-6-17(30)7-9-18)10-20-25(35)32-27(37)33(26(20)36)19-5-3-4-16(29)13-19/h3-13H,2,14H2,1H3,(H,31,34)(H,32,35,37)/b20-10+. The van der Waals surface area contributed by atoms with Gasteiger partial charge in [-0.2, -0.15) is 0 Å². The number of ether oxygens (including phenoxy) is 2. The first kappa shape index (κ1) is 27.8. The molecule has 1 aliphatic heterocycles. The van der Waals surface area contributed by atoms with Crippen molar-refractivity contribution in [2.24, 2.45) is 0 Å². The van der Waals surface area contributed by atoms with Gasteiger partial charge in [-0.25, -0.2) is 14.1 Å². The van der Waals surface area contributed by atoms with E-state index in [0.29, 0.717) is 20.7 Å². The molecule has 4 rings (SSSR count). The summed E-state index contributed by atoms with van der Waals surface area (Å²) in [5.41, 5.74) is 0.683. The molecule has 0 aliphatic carbocycles. The Morgan fingerprint density at radius 2 is 1.85 bits per heavy atom. The molecule has 0 spiro atoms. The summed E-state index contributed by atoms with van der Waals surface area (Å²) < 4.78 is 24.8. The van der Waals surface area contributed by atoms with Crippen LogP contribution < -0.4 is 25.0 Å². The van der Waals surface area contributed by atoms with Crippen LogP contribution in [-0.2, 0) is 14.4 Å². The fourth-order valence-electron chi connectivity index (χ4n) is 3.62. The average Bonchev–Trinajstić information content (AvgIpc) is 2.87. The molecular formula is C27H20BrClFN3O6. The molecule has 2 N–H and O–H groups in total. The number of halogens is 3. The number of nitrogens with one attached hydrogen (secondary N) is 2. The summed E-state index contributed by atoms with van der Waals surface area (Å²) in [5, 5.41) is 5.05. The molecule has 1 aliphatic rings. The number of carbonyl (C=O) groups excluding carboxylic acids is 4. The fraction of sp³-hybridized carbons (Fsp3) is 0.111. The minimum atomic E-state index is -0.900. The average molecular weight is 617 g/mol. The number of benzene rings is 3. The Labute approximate surface area is 235 Å². The maximum absolute atomic E-state index is 13.2. The van der Waals surface area contributed by atoms with E-state index < -0.39 is 29.6 Å². The number of anilines is 2. The van der Waals surface area contributed by atoms with E-state index in [2.05, 4.69) is 26.6 Å². The van der Waals surface area contributed by atoms with Crippen molar-refractivity contribution in [3.05, 3.63) is 87.1 Å². The maximum Gasteiger partial charge on any atom is 0.335 e. The second-order valence-corrected chi connectivity index (χ2v) is 9.34. The highest BCUT2D eigenvalue weighted by Crippen LogP contribution is 2.38. The molecule has 3 aromatic rings. The molecule has 1 heterocycles. The van der Waals surface area contributed by atoms with E-state index >= 15 is 0 Å². The van der Waals surface area contributed by atoms with E-state index in [1.54, 1.807) is 25.1 Å². The zero-order chi connectivity index (χ0) is 28.1. The highest BCUT2D eigenvalue weighted by Gasteiger charge is 2.37. The summed E-state index contributed by atoms with van der Waals surface area (Å²) in [4.78, 5) is 51.3. The highest BCUT2D eigenvalue weighted by atomic mass is 79.9. The Morgan fingerprint density at radius 1 is 1.10 bits per heavy atom. The summed E-state index contributed by atoms with van der Waals surface area (Å²) in [5.74, 6) is -2.17. The van der Waals surface area contributed by atoms with Crippen molar-refractivity contribution in [1.29, 1.82) is 0 Å². The quantitative estimate of drug-likeness (QED) is 0.262. The Balaban J connectivity index is 1.58. The van der Waals surface area contributed by atoms with Crippen molar-refractivity contribution >= 4 is 68.7 Å². The fourth-order valence-corrected chi connectivity index (χ4v) is 4.37. The summed E-state index contributed by atoms with van der Waals surface area (Å²) in [7, 11) is 0. The maximum atomic E-state index is 13.2. The van der Waals surface area contributed by atoms with Gasteiger partial charge in [-0.3, -0.25) is 19.7 Å². The van der Waals surface area contributed by atoms with Gasteiger partial charge in [0.25, 0.3) is 17.7 Å². The van der Waals surface area contributed by atoms with Crippen LogP contribution in [0.4, 0.5) is 20.6 Å². The molecular weight excluding hydrogens is 597 g/mol. The summed E-state index contributed by atoms with van der Waals surface area (Å²) >= 11 is 9.39. The van der Waals surface area contributed by atoms with Crippen LogP contribution in [0.1, 0.15) is 12.5 Å². The van der Waals surface area contributed by atoms with Crippen LogP contribution in [0.15, 0.2) is 70.7 Å². The topological polar surface area (TPSA) is 114 Å². The lowest BCUT2D eigenvalue weighted by atomic mass is 10.1. The van der Waals surface area contributed by atoms with Crippen molar-refractivity contribution < 1.29 is 33.0 Å². The van der Waals surface area contributed by atoms with Gasteiger partial charge in [0, 0.05) is 10.7 Å². The Morgan fingerprint density at radius 3 is 2.54 bits per heavy atom. The van der Waals surface area contributed by atoms with Crippen LogP contribution in [0.2, 0.25) is 5.02 Å². The summed E-state index contributed by atoms with van der Waals surface area (Å²) in [6.07, 6.45) is 1.31. The van der Waals surface area contributed by atoms with Gasteiger partial charge < -0.3 is 14.8 Å². The Kier molecular flexibility index (Phi) is 8.62. The predicted molar refractivity (Wildman–Crippen MR) is 146 cm³/mol. The van der Waals surface area contributed by atoms with Crippen molar-refractivity contribution in [2.45, 2.75) is 6.92 Å². The molecule has 12 heteroatoms. The van der Waals surface area contributed by atoms with Crippen LogP contribution in [0.5, 0.6) is 11.5 Å². The molecule has 0 aromatic heterocycles. The summed E-state index contributed by atoms with van der Waals surface area (Å²) in [6.45, 7) is 1.62. The van der Waals surface area contributed by atoms with Gasteiger partial charge in [-0.15, -0.1) is 0 Å². The number of barbiturate groups is 1. The monoisotopic (exact) mass is 615 g/mol. The predicted octanol–water partition coefficient (Wildman–Crippen LogP) is 5.32. The third-order valence-electron chi connectivity index (χ3n) is 5.29.